The van der Waals surface area contributed by atoms with E-state index < -0.39 is 5.41 Å². The summed E-state index contributed by atoms with van der Waals surface area (Å²) in [5.74, 6) is 0.718. The third-order valence-corrected chi connectivity index (χ3v) is 5.33. The van der Waals surface area contributed by atoms with E-state index in [-0.39, 0.29) is 11.8 Å². The summed E-state index contributed by atoms with van der Waals surface area (Å²) in [5, 5.41) is 7.27. The molecule has 136 valence electrons. The second-order valence-electron chi connectivity index (χ2n) is 7.44. The van der Waals surface area contributed by atoms with Crippen molar-refractivity contribution in [2.45, 2.75) is 38.6 Å². The van der Waals surface area contributed by atoms with Gasteiger partial charge in [0.05, 0.1) is 5.41 Å². The number of hydrogen-bond donors (Lipinski definition) is 1. The highest BCUT2D eigenvalue weighted by atomic mass is 16.5. The number of benzene rings is 1. The van der Waals surface area contributed by atoms with E-state index in [0.717, 1.165) is 24.1 Å². The molecule has 2 aromatic rings. The van der Waals surface area contributed by atoms with Crippen LogP contribution >= 0.6 is 0 Å². The number of likely N-dealkylation sites (tertiary alicyclic amines) is 1. The summed E-state index contributed by atoms with van der Waals surface area (Å²) in [7, 11) is 0. The highest BCUT2D eigenvalue weighted by molar-refractivity contribution is 5.85. The van der Waals surface area contributed by atoms with Crippen LogP contribution in [0.25, 0.3) is 11.3 Å². The molecule has 2 aliphatic rings. The van der Waals surface area contributed by atoms with Gasteiger partial charge in [0.25, 0.3) is 0 Å². The predicted molar refractivity (Wildman–Crippen MR) is 96.1 cm³/mol. The number of aromatic nitrogens is 1. The lowest BCUT2D eigenvalue weighted by molar-refractivity contribution is -0.132. The van der Waals surface area contributed by atoms with Gasteiger partial charge >= 0.3 is 0 Å². The van der Waals surface area contributed by atoms with Crippen LogP contribution in [0.1, 0.15) is 31.9 Å². The average molecular weight is 353 g/mol. The van der Waals surface area contributed by atoms with Crippen molar-refractivity contribution in [3.8, 4) is 11.3 Å². The largest absolute Gasteiger partial charge is 0.361 e. The van der Waals surface area contributed by atoms with Gasteiger partial charge in [0.15, 0.2) is 0 Å². The Morgan fingerprint density at radius 3 is 2.73 bits per heavy atom. The van der Waals surface area contributed by atoms with Gasteiger partial charge in [-0.05, 0) is 19.3 Å². The van der Waals surface area contributed by atoms with Gasteiger partial charge in [-0.2, -0.15) is 0 Å². The summed E-state index contributed by atoms with van der Waals surface area (Å²) in [6, 6.07) is 12.0. The second-order valence-corrected chi connectivity index (χ2v) is 7.44. The van der Waals surface area contributed by atoms with Crippen LogP contribution in [-0.4, -0.2) is 41.0 Å². The molecule has 6 heteroatoms. The molecule has 6 nitrogen and oxygen atoms in total. The van der Waals surface area contributed by atoms with Gasteiger partial charge in [0.1, 0.15) is 11.5 Å². The molecule has 1 atom stereocenters. The van der Waals surface area contributed by atoms with E-state index in [9.17, 15) is 9.59 Å². The zero-order chi connectivity index (χ0) is 18.1. The summed E-state index contributed by atoms with van der Waals surface area (Å²) in [5.41, 5.74) is 1.11. The molecule has 1 aliphatic carbocycles. The van der Waals surface area contributed by atoms with E-state index in [1.807, 2.05) is 36.4 Å². The zero-order valence-corrected chi connectivity index (χ0v) is 14.9. The number of amides is 2. The van der Waals surface area contributed by atoms with Crippen molar-refractivity contribution in [3.63, 3.8) is 0 Å². The van der Waals surface area contributed by atoms with E-state index >= 15 is 0 Å². The Bertz CT molecular complexity index is 813. The van der Waals surface area contributed by atoms with Crippen LogP contribution in [-0.2, 0) is 16.0 Å². The minimum Gasteiger partial charge on any atom is -0.361 e. The van der Waals surface area contributed by atoms with Crippen LogP contribution in [0.2, 0.25) is 0 Å². The number of nitrogens with one attached hydrogen (secondary N) is 1. The molecular weight excluding hydrogens is 330 g/mol. The third-order valence-electron chi connectivity index (χ3n) is 5.33. The molecule has 0 bridgehead atoms. The van der Waals surface area contributed by atoms with Gasteiger partial charge in [-0.3, -0.25) is 9.59 Å². The molecule has 2 heterocycles. The quantitative estimate of drug-likeness (QED) is 0.896. The van der Waals surface area contributed by atoms with Gasteiger partial charge in [-0.15, -0.1) is 0 Å². The van der Waals surface area contributed by atoms with Crippen LogP contribution in [0.15, 0.2) is 40.9 Å². The van der Waals surface area contributed by atoms with E-state index in [1.54, 1.807) is 11.8 Å². The summed E-state index contributed by atoms with van der Waals surface area (Å²) in [4.78, 5) is 26.5. The van der Waals surface area contributed by atoms with Crippen LogP contribution in [0.5, 0.6) is 0 Å². The average Bonchev–Trinajstić information content (AvgIpc) is 3.17. The van der Waals surface area contributed by atoms with Crippen molar-refractivity contribution in [2.24, 2.45) is 5.41 Å². The fraction of sp³-hybridized carbons (Fsp3) is 0.450. The van der Waals surface area contributed by atoms with Gasteiger partial charge in [0, 0.05) is 44.1 Å². The molecule has 1 saturated heterocycles. The molecule has 1 aliphatic heterocycles. The maximum Gasteiger partial charge on any atom is 0.228 e. The Hall–Kier alpha value is -2.63. The smallest absolute Gasteiger partial charge is 0.228 e. The fourth-order valence-corrected chi connectivity index (χ4v) is 3.59. The maximum atomic E-state index is 13.0. The van der Waals surface area contributed by atoms with E-state index in [4.69, 9.17) is 4.52 Å². The highest BCUT2D eigenvalue weighted by Gasteiger charge is 2.47. The van der Waals surface area contributed by atoms with E-state index in [0.29, 0.717) is 37.7 Å². The third kappa shape index (κ3) is 3.36. The van der Waals surface area contributed by atoms with Crippen molar-refractivity contribution in [1.29, 1.82) is 0 Å². The monoisotopic (exact) mass is 353 g/mol. The first-order valence-electron chi connectivity index (χ1n) is 9.13. The first kappa shape index (κ1) is 16.8. The van der Waals surface area contributed by atoms with Gasteiger partial charge in [-0.1, -0.05) is 35.5 Å². The van der Waals surface area contributed by atoms with Crippen molar-refractivity contribution in [1.82, 2.24) is 15.4 Å². The fourth-order valence-electron chi connectivity index (χ4n) is 3.59. The summed E-state index contributed by atoms with van der Waals surface area (Å²) < 4.78 is 5.54. The number of nitrogens with zero attached hydrogens (tertiary/aromatic N) is 2. The summed E-state index contributed by atoms with van der Waals surface area (Å²) >= 11 is 0. The number of carbonyl (C=O) groups excluding carboxylic acids is 2. The van der Waals surface area contributed by atoms with Crippen LogP contribution in [0.4, 0.5) is 0 Å². The minimum atomic E-state index is -0.637. The molecule has 1 N–H and O–H groups in total. The lowest BCUT2D eigenvalue weighted by atomic mass is 9.81. The molecule has 1 aromatic carbocycles. The van der Waals surface area contributed by atoms with Crippen molar-refractivity contribution in [3.05, 3.63) is 42.2 Å². The zero-order valence-electron chi connectivity index (χ0n) is 14.9. The summed E-state index contributed by atoms with van der Waals surface area (Å²) in [6.45, 7) is 2.59. The predicted octanol–water partition coefficient (Wildman–Crippen LogP) is 2.40. The van der Waals surface area contributed by atoms with Crippen LogP contribution < -0.4 is 5.32 Å². The molecule has 26 heavy (non-hydrogen) atoms. The molecule has 0 radical (unpaired) electrons. The SMILES string of the molecule is CC(=O)N1CC[C@@](Cc2cc(-c3ccccc3)no2)(C(=O)NC2CC2)C1. The lowest BCUT2D eigenvalue weighted by Gasteiger charge is -2.27. The molecule has 2 fully saturated rings. The van der Waals surface area contributed by atoms with Gasteiger partial charge in [-0.25, -0.2) is 0 Å². The molecule has 1 saturated carbocycles. The Labute approximate surface area is 152 Å². The Morgan fingerprint density at radius 2 is 2.08 bits per heavy atom. The summed E-state index contributed by atoms with van der Waals surface area (Å²) in [6.07, 6.45) is 3.18. The Morgan fingerprint density at radius 1 is 1.31 bits per heavy atom. The maximum absolute atomic E-state index is 13.0. The second kappa shape index (κ2) is 6.59. The van der Waals surface area contributed by atoms with E-state index in [1.165, 1.54) is 0 Å². The molecule has 0 spiro atoms. The van der Waals surface area contributed by atoms with Crippen molar-refractivity contribution >= 4 is 11.8 Å². The molecule has 1 aromatic heterocycles. The van der Waals surface area contributed by atoms with Gasteiger partial charge in [0.2, 0.25) is 11.8 Å². The van der Waals surface area contributed by atoms with Crippen molar-refractivity contribution in [2.75, 3.05) is 13.1 Å². The Balaban J connectivity index is 1.56. The van der Waals surface area contributed by atoms with Crippen LogP contribution in [0.3, 0.4) is 0 Å². The number of carbonyl (C=O) groups is 2. The highest BCUT2D eigenvalue weighted by Crippen LogP contribution is 2.36. The van der Waals surface area contributed by atoms with E-state index in [2.05, 4.69) is 10.5 Å². The minimum absolute atomic E-state index is 0.00800. The topological polar surface area (TPSA) is 75.4 Å². The Kier molecular flexibility index (Phi) is 4.26. The molecule has 0 unspecified atom stereocenters. The number of rotatable bonds is 5. The first-order chi connectivity index (χ1) is 12.6. The number of hydrogen-bond acceptors (Lipinski definition) is 4. The normalized spacial score (nSPS) is 22.4. The molecule has 2 amide bonds. The van der Waals surface area contributed by atoms with Gasteiger partial charge < -0.3 is 14.7 Å². The van der Waals surface area contributed by atoms with Crippen molar-refractivity contribution < 1.29 is 14.1 Å². The lowest BCUT2D eigenvalue weighted by Crippen LogP contribution is -2.45. The standard InChI is InChI=1S/C20H23N3O3/c1-14(24)23-10-9-20(13-23,19(25)21-16-7-8-16)12-17-11-18(22-26-17)15-5-3-2-4-6-15/h2-6,11,16H,7-10,12-13H2,1H3,(H,21,25)/t20-/m0/s1. The van der Waals surface area contributed by atoms with Crippen LogP contribution in [0, 0.1) is 5.41 Å². The first-order valence-corrected chi connectivity index (χ1v) is 9.13. The molecular formula is C20H23N3O3. The molecule has 4 rings (SSSR count).